The molecule has 1 aromatic carbocycles. The summed E-state index contributed by atoms with van der Waals surface area (Å²) in [5, 5.41) is 6.08. The maximum atomic E-state index is 12.0. The topological polar surface area (TPSA) is 66.9 Å². The molecule has 116 valence electrons. The second-order valence-electron chi connectivity index (χ2n) is 5.10. The fourth-order valence-corrected chi connectivity index (χ4v) is 2.08. The fraction of sp³-hybridized carbons (Fsp3) is 0.353. The van der Waals surface area contributed by atoms with Crippen molar-refractivity contribution in [2.45, 2.75) is 26.7 Å². The van der Waals surface area contributed by atoms with Gasteiger partial charge in [0.05, 0.1) is 0 Å². The highest BCUT2D eigenvalue weighted by Crippen LogP contribution is 2.08. The van der Waals surface area contributed by atoms with Gasteiger partial charge in [-0.2, -0.15) is 0 Å². The molecule has 0 aliphatic rings. The second-order valence-corrected chi connectivity index (χ2v) is 5.10. The van der Waals surface area contributed by atoms with Crippen molar-refractivity contribution in [1.82, 2.24) is 15.3 Å². The number of carbonyl (C=O) groups is 1. The molecule has 2 rings (SSSR count). The van der Waals surface area contributed by atoms with Crippen LogP contribution in [0.2, 0.25) is 0 Å². The number of benzene rings is 1. The summed E-state index contributed by atoms with van der Waals surface area (Å²) in [6.45, 7) is 5.22. The molecule has 5 nitrogen and oxygen atoms in total. The standard InChI is InChI=1S/C17H22N4O/c1-3-10-19-17(22)15-12-16(21-13(2)20-15)18-11-9-14-7-5-4-6-8-14/h4-8,12H,3,9-11H2,1-2H3,(H,19,22)(H,18,20,21). The molecule has 0 aliphatic carbocycles. The first-order chi connectivity index (χ1) is 10.7. The lowest BCUT2D eigenvalue weighted by Crippen LogP contribution is -2.25. The molecule has 0 fully saturated rings. The normalized spacial score (nSPS) is 10.3. The van der Waals surface area contributed by atoms with Crippen molar-refractivity contribution in [2.75, 3.05) is 18.4 Å². The SMILES string of the molecule is CCCNC(=O)c1cc(NCCc2ccccc2)nc(C)n1. The van der Waals surface area contributed by atoms with Crippen molar-refractivity contribution in [3.8, 4) is 0 Å². The molecule has 0 radical (unpaired) electrons. The Morgan fingerprint density at radius 3 is 2.64 bits per heavy atom. The van der Waals surface area contributed by atoms with E-state index in [1.165, 1.54) is 5.56 Å². The van der Waals surface area contributed by atoms with Gasteiger partial charge in [-0.25, -0.2) is 9.97 Å². The Balaban J connectivity index is 1.96. The molecule has 0 aliphatic heterocycles. The summed E-state index contributed by atoms with van der Waals surface area (Å²) in [5.41, 5.74) is 1.67. The van der Waals surface area contributed by atoms with Gasteiger partial charge < -0.3 is 10.6 Å². The number of anilines is 1. The Morgan fingerprint density at radius 1 is 1.14 bits per heavy atom. The third-order valence-electron chi connectivity index (χ3n) is 3.17. The van der Waals surface area contributed by atoms with E-state index in [1.807, 2.05) is 25.1 Å². The van der Waals surface area contributed by atoms with Gasteiger partial charge in [0.25, 0.3) is 5.91 Å². The Morgan fingerprint density at radius 2 is 1.91 bits per heavy atom. The largest absolute Gasteiger partial charge is 0.370 e. The van der Waals surface area contributed by atoms with Crippen LogP contribution in [-0.4, -0.2) is 29.0 Å². The summed E-state index contributed by atoms with van der Waals surface area (Å²) in [4.78, 5) is 20.5. The van der Waals surface area contributed by atoms with Crippen LogP contribution in [0.3, 0.4) is 0 Å². The second kappa shape index (κ2) is 8.12. The van der Waals surface area contributed by atoms with E-state index in [2.05, 4.69) is 32.7 Å². The average molecular weight is 298 g/mol. The molecule has 22 heavy (non-hydrogen) atoms. The van der Waals surface area contributed by atoms with Gasteiger partial charge in [-0.15, -0.1) is 0 Å². The molecule has 0 saturated heterocycles. The lowest BCUT2D eigenvalue weighted by molar-refractivity contribution is 0.0948. The maximum absolute atomic E-state index is 12.0. The summed E-state index contributed by atoms with van der Waals surface area (Å²) < 4.78 is 0. The maximum Gasteiger partial charge on any atom is 0.270 e. The van der Waals surface area contributed by atoms with Gasteiger partial charge in [-0.05, 0) is 25.3 Å². The van der Waals surface area contributed by atoms with Crippen molar-refractivity contribution >= 4 is 11.7 Å². The molecule has 0 spiro atoms. The van der Waals surface area contributed by atoms with Crippen LogP contribution in [0.15, 0.2) is 36.4 Å². The molecule has 0 saturated carbocycles. The smallest absolute Gasteiger partial charge is 0.270 e. The first-order valence-corrected chi connectivity index (χ1v) is 7.60. The summed E-state index contributed by atoms with van der Waals surface area (Å²) in [7, 11) is 0. The highest BCUT2D eigenvalue weighted by Gasteiger charge is 2.09. The van der Waals surface area contributed by atoms with Gasteiger partial charge in [-0.3, -0.25) is 4.79 Å². The highest BCUT2D eigenvalue weighted by molar-refractivity contribution is 5.92. The van der Waals surface area contributed by atoms with E-state index in [0.717, 1.165) is 19.4 Å². The van der Waals surface area contributed by atoms with Crippen molar-refractivity contribution in [3.63, 3.8) is 0 Å². The molecule has 0 unspecified atom stereocenters. The zero-order valence-electron chi connectivity index (χ0n) is 13.1. The van der Waals surface area contributed by atoms with Crippen LogP contribution >= 0.6 is 0 Å². The molecule has 2 N–H and O–H groups in total. The van der Waals surface area contributed by atoms with Crippen molar-refractivity contribution in [2.24, 2.45) is 0 Å². The van der Waals surface area contributed by atoms with Crippen LogP contribution in [0.5, 0.6) is 0 Å². The number of carbonyl (C=O) groups excluding carboxylic acids is 1. The monoisotopic (exact) mass is 298 g/mol. The number of amides is 1. The minimum Gasteiger partial charge on any atom is -0.370 e. The van der Waals surface area contributed by atoms with Crippen LogP contribution in [-0.2, 0) is 6.42 Å². The number of aryl methyl sites for hydroxylation is 1. The van der Waals surface area contributed by atoms with E-state index in [0.29, 0.717) is 23.9 Å². The third kappa shape index (κ3) is 4.84. The number of nitrogens with zero attached hydrogens (tertiary/aromatic N) is 2. The first-order valence-electron chi connectivity index (χ1n) is 7.60. The summed E-state index contributed by atoms with van der Waals surface area (Å²) in [5.74, 6) is 1.12. The predicted molar refractivity (Wildman–Crippen MR) is 88.0 cm³/mol. The Kier molecular flexibility index (Phi) is 5.89. The minimum atomic E-state index is -0.154. The van der Waals surface area contributed by atoms with Crippen molar-refractivity contribution in [3.05, 3.63) is 53.5 Å². The van der Waals surface area contributed by atoms with Gasteiger partial charge >= 0.3 is 0 Å². The fourth-order valence-electron chi connectivity index (χ4n) is 2.08. The lowest BCUT2D eigenvalue weighted by Gasteiger charge is -2.09. The van der Waals surface area contributed by atoms with Gasteiger partial charge in [0.1, 0.15) is 17.3 Å². The molecule has 5 heteroatoms. The van der Waals surface area contributed by atoms with Crippen LogP contribution in [0, 0.1) is 6.92 Å². The molecule has 0 atom stereocenters. The number of hydrogen-bond donors (Lipinski definition) is 2. The van der Waals surface area contributed by atoms with Crippen molar-refractivity contribution in [1.29, 1.82) is 0 Å². The zero-order valence-corrected chi connectivity index (χ0v) is 13.1. The van der Waals surface area contributed by atoms with E-state index in [1.54, 1.807) is 13.0 Å². The molecule has 1 amide bonds. The van der Waals surface area contributed by atoms with E-state index in [-0.39, 0.29) is 5.91 Å². The van der Waals surface area contributed by atoms with Crippen LogP contribution < -0.4 is 10.6 Å². The number of hydrogen-bond acceptors (Lipinski definition) is 4. The van der Waals surface area contributed by atoms with Gasteiger partial charge in [-0.1, -0.05) is 37.3 Å². The van der Waals surface area contributed by atoms with Gasteiger partial charge in [0.2, 0.25) is 0 Å². The van der Waals surface area contributed by atoms with E-state index >= 15 is 0 Å². The molecule has 1 heterocycles. The Labute approximate surface area is 131 Å². The average Bonchev–Trinajstić information content (AvgIpc) is 2.53. The van der Waals surface area contributed by atoms with Crippen molar-refractivity contribution < 1.29 is 4.79 Å². The molecule has 0 bridgehead atoms. The lowest BCUT2D eigenvalue weighted by atomic mass is 10.1. The number of rotatable bonds is 7. The van der Waals surface area contributed by atoms with E-state index in [9.17, 15) is 4.79 Å². The first kappa shape index (κ1) is 15.9. The molecular weight excluding hydrogens is 276 g/mol. The minimum absolute atomic E-state index is 0.154. The van der Waals surface area contributed by atoms with E-state index in [4.69, 9.17) is 0 Å². The summed E-state index contributed by atoms with van der Waals surface area (Å²) in [6.07, 6.45) is 1.80. The van der Waals surface area contributed by atoms with Gasteiger partial charge in [0.15, 0.2) is 0 Å². The van der Waals surface area contributed by atoms with E-state index < -0.39 is 0 Å². The van der Waals surface area contributed by atoms with Crippen LogP contribution in [0.25, 0.3) is 0 Å². The third-order valence-corrected chi connectivity index (χ3v) is 3.17. The number of aromatic nitrogens is 2. The number of nitrogens with one attached hydrogen (secondary N) is 2. The molecular formula is C17H22N4O. The van der Waals surface area contributed by atoms with Crippen LogP contribution in [0.4, 0.5) is 5.82 Å². The summed E-state index contributed by atoms with van der Waals surface area (Å²) >= 11 is 0. The summed E-state index contributed by atoms with van der Waals surface area (Å²) in [6, 6.07) is 11.9. The molecule has 2 aromatic rings. The highest BCUT2D eigenvalue weighted by atomic mass is 16.1. The molecule has 1 aromatic heterocycles. The predicted octanol–water partition coefficient (Wildman–Crippen LogP) is 2.58. The zero-order chi connectivity index (χ0) is 15.8. The Hall–Kier alpha value is -2.43. The van der Waals surface area contributed by atoms with Crippen LogP contribution in [0.1, 0.15) is 35.2 Å². The quantitative estimate of drug-likeness (QED) is 0.824. The Bertz CT molecular complexity index is 613. The van der Waals surface area contributed by atoms with Gasteiger partial charge in [0, 0.05) is 19.2 Å².